The summed E-state index contributed by atoms with van der Waals surface area (Å²) in [5.41, 5.74) is 0.313. The van der Waals surface area contributed by atoms with Gasteiger partial charge in [-0.1, -0.05) is 19.1 Å². The summed E-state index contributed by atoms with van der Waals surface area (Å²) in [6.07, 6.45) is 3.11. The largest absolute Gasteiger partial charge is 0.496 e. The zero-order chi connectivity index (χ0) is 19.7. The van der Waals surface area contributed by atoms with Gasteiger partial charge in [-0.05, 0) is 13.0 Å². The van der Waals surface area contributed by atoms with E-state index in [1.807, 2.05) is 19.9 Å². The Bertz CT molecular complexity index is 657. The number of nitrogens with zero attached hydrogens (tertiary/aromatic N) is 1. The standard InChI is InChI=1S/C18H25NO7/c1-6-26-17(12(2)8-7-9-16(20)24-4)14-10-13(23-3)11-15(19(21)22)18(14)25-5/h7-8,10-12,17H,6,9H2,1-5H3/b8-7+/t12-,17+/m1/s1. The first-order valence-electron chi connectivity index (χ1n) is 8.14. The molecule has 144 valence electrons. The third-order valence-electron chi connectivity index (χ3n) is 3.79. The molecule has 0 heterocycles. The molecule has 26 heavy (non-hydrogen) atoms. The number of benzene rings is 1. The van der Waals surface area contributed by atoms with Gasteiger partial charge in [-0.25, -0.2) is 0 Å². The van der Waals surface area contributed by atoms with Crippen molar-refractivity contribution >= 4 is 11.7 Å². The van der Waals surface area contributed by atoms with Crippen LogP contribution < -0.4 is 9.47 Å². The fourth-order valence-corrected chi connectivity index (χ4v) is 2.56. The molecule has 1 aromatic rings. The van der Waals surface area contributed by atoms with Gasteiger partial charge in [0.05, 0.1) is 44.8 Å². The van der Waals surface area contributed by atoms with E-state index in [1.54, 1.807) is 12.1 Å². The molecule has 0 fully saturated rings. The number of esters is 1. The van der Waals surface area contributed by atoms with Crippen molar-refractivity contribution in [2.24, 2.45) is 5.92 Å². The summed E-state index contributed by atoms with van der Waals surface area (Å²) < 4.78 is 20.9. The molecule has 0 aliphatic carbocycles. The van der Waals surface area contributed by atoms with Crippen LogP contribution in [0, 0.1) is 16.0 Å². The molecule has 2 atom stereocenters. The van der Waals surface area contributed by atoms with Crippen LogP contribution in [0.5, 0.6) is 11.5 Å². The van der Waals surface area contributed by atoms with Gasteiger partial charge in [0.1, 0.15) is 5.75 Å². The minimum absolute atomic E-state index is 0.127. The number of rotatable bonds is 10. The van der Waals surface area contributed by atoms with E-state index in [0.717, 1.165) is 0 Å². The van der Waals surface area contributed by atoms with Crippen molar-refractivity contribution in [3.63, 3.8) is 0 Å². The zero-order valence-corrected chi connectivity index (χ0v) is 15.7. The zero-order valence-electron chi connectivity index (χ0n) is 15.7. The molecule has 0 spiro atoms. The van der Waals surface area contributed by atoms with Crippen LogP contribution in [0.25, 0.3) is 0 Å². The summed E-state index contributed by atoms with van der Waals surface area (Å²) >= 11 is 0. The van der Waals surface area contributed by atoms with E-state index in [4.69, 9.17) is 14.2 Å². The van der Waals surface area contributed by atoms with Gasteiger partial charge in [0.15, 0.2) is 0 Å². The van der Waals surface area contributed by atoms with Gasteiger partial charge >= 0.3 is 11.7 Å². The van der Waals surface area contributed by atoms with Gasteiger partial charge < -0.3 is 18.9 Å². The van der Waals surface area contributed by atoms with Crippen LogP contribution in [-0.2, 0) is 14.3 Å². The molecule has 0 saturated carbocycles. The lowest BCUT2D eigenvalue weighted by Crippen LogP contribution is -2.14. The first kappa shape index (κ1) is 21.4. The average molecular weight is 367 g/mol. The van der Waals surface area contributed by atoms with E-state index in [2.05, 4.69) is 4.74 Å². The van der Waals surface area contributed by atoms with Gasteiger partial charge in [0.25, 0.3) is 0 Å². The van der Waals surface area contributed by atoms with E-state index in [9.17, 15) is 14.9 Å². The highest BCUT2D eigenvalue weighted by atomic mass is 16.6. The molecule has 0 radical (unpaired) electrons. The summed E-state index contributed by atoms with van der Waals surface area (Å²) in [6, 6.07) is 2.97. The molecule has 0 aliphatic rings. The van der Waals surface area contributed by atoms with Crippen LogP contribution in [0.4, 0.5) is 5.69 Å². The highest BCUT2D eigenvalue weighted by molar-refractivity contribution is 5.70. The number of methoxy groups -OCH3 is 3. The van der Waals surface area contributed by atoms with Crippen LogP contribution in [-0.4, -0.2) is 38.8 Å². The molecular formula is C18H25NO7. The Hall–Kier alpha value is -2.61. The number of carbonyl (C=O) groups excluding carboxylic acids is 1. The molecule has 0 N–H and O–H groups in total. The Balaban J connectivity index is 3.32. The Labute approximate surface area is 152 Å². The van der Waals surface area contributed by atoms with Crippen molar-refractivity contribution in [3.05, 3.63) is 40.0 Å². The van der Waals surface area contributed by atoms with Gasteiger partial charge in [-0.15, -0.1) is 0 Å². The molecule has 0 amide bonds. The number of hydrogen-bond donors (Lipinski definition) is 0. The van der Waals surface area contributed by atoms with E-state index in [1.165, 1.54) is 27.4 Å². The maximum Gasteiger partial charge on any atom is 0.315 e. The third kappa shape index (κ3) is 5.45. The molecular weight excluding hydrogens is 342 g/mol. The van der Waals surface area contributed by atoms with Gasteiger partial charge in [-0.2, -0.15) is 0 Å². The van der Waals surface area contributed by atoms with Crippen molar-refractivity contribution in [2.75, 3.05) is 27.9 Å². The number of nitro benzene ring substituents is 1. The Morgan fingerprint density at radius 1 is 1.27 bits per heavy atom. The molecule has 0 aromatic heterocycles. The first-order valence-corrected chi connectivity index (χ1v) is 8.14. The van der Waals surface area contributed by atoms with E-state index in [-0.39, 0.29) is 29.7 Å². The number of carbonyl (C=O) groups is 1. The number of hydrogen-bond acceptors (Lipinski definition) is 7. The summed E-state index contributed by atoms with van der Waals surface area (Å²) in [7, 11) is 4.13. The fourth-order valence-electron chi connectivity index (χ4n) is 2.56. The predicted molar refractivity (Wildman–Crippen MR) is 95.5 cm³/mol. The van der Waals surface area contributed by atoms with Crippen molar-refractivity contribution in [1.29, 1.82) is 0 Å². The van der Waals surface area contributed by atoms with Crippen molar-refractivity contribution < 1.29 is 28.7 Å². The molecule has 0 bridgehead atoms. The molecule has 1 aromatic carbocycles. The normalized spacial score (nSPS) is 13.3. The quantitative estimate of drug-likeness (QED) is 0.270. The summed E-state index contributed by atoms with van der Waals surface area (Å²) in [5.74, 6) is -0.0679. The molecule has 1 rings (SSSR count). The lowest BCUT2D eigenvalue weighted by molar-refractivity contribution is -0.385. The Morgan fingerprint density at radius 3 is 2.46 bits per heavy atom. The average Bonchev–Trinajstić information content (AvgIpc) is 2.64. The molecule has 0 aliphatic heterocycles. The maximum absolute atomic E-state index is 11.4. The lowest BCUT2D eigenvalue weighted by atomic mass is 9.94. The van der Waals surface area contributed by atoms with Crippen molar-refractivity contribution in [1.82, 2.24) is 0 Å². The number of ether oxygens (including phenoxy) is 4. The minimum atomic E-state index is -0.522. The second-order valence-corrected chi connectivity index (χ2v) is 5.47. The summed E-state index contributed by atoms with van der Waals surface area (Å²) in [4.78, 5) is 22.1. The fraction of sp³-hybridized carbons (Fsp3) is 0.500. The van der Waals surface area contributed by atoms with Crippen molar-refractivity contribution in [2.45, 2.75) is 26.4 Å². The van der Waals surface area contributed by atoms with Gasteiger partial charge in [0.2, 0.25) is 5.75 Å². The highest BCUT2D eigenvalue weighted by Gasteiger charge is 2.29. The molecule has 8 heteroatoms. The SMILES string of the molecule is CCO[C@H](c1cc(OC)cc([N+](=O)[O-])c1OC)[C@H](C)/C=C/CC(=O)OC. The first-order chi connectivity index (χ1) is 12.4. The Kier molecular flexibility index (Phi) is 8.57. The number of nitro groups is 1. The summed E-state index contributed by atoms with van der Waals surface area (Å²) in [5, 5.41) is 11.4. The second-order valence-electron chi connectivity index (χ2n) is 5.47. The van der Waals surface area contributed by atoms with E-state index in [0.29, 0.717) is 17.9 Å². The predicted octanol–water partition coefficient (Wildman–Crippen LogP) is 3.45. The van der Waals surface area contributed by atoms with Crippen molar-refractivity contribution in [3.8, 4) is 11.5 Å². The van der Waals surface area contributed by atoms with Crippen LogP contribution >= 0.6 is 0 Å². The molecule has 0 saturated heterocycles. The maximum atomic E-state index is 11.4. The smallest absolute Gasteiger partial charge is 0.315 e. The Morgan fingerprint density at radius 2 is 1.96 bits per heavy atom. The molecule has 0 unspecified atom stereocenters. The third-order valence-corrected chi connectivity index (χ3v) is 3.79. The van der Waals surface area contributed by atoms with Gasteiger partial charge in [-0.3, -0.25) is 14.9 Å². The molecule has 8 nitrogen and oxygen atoms in total. The van der Waals surface area contributed by atoms with Crippen LogP contribution in [0.2, 0.25) is 0 Å². The van der Waals surface area contributed by atoms with Crippen LogP contribution in [0.15, 0.2) is 24.3 Å². The topological polar surface area (TPSA) is 97.1 Å². The van der Waals surface area contributed by atoms with E-state index < -0.39 is 11.0 Å². The van der Waals surface area contributed by atoms with Crippen LogP contribution in [0.1, 0.15) is 31.9 Å². The highest BCUT2D eigenvalue weighted by Crippen LogP contribution is 2.42. The monoisotopic (exact) mass is 367 g/mol. The summed E-state index contributed by atoms with van der Waals surface area (Å²) in [6.45, 7) is 4.12. The van der Waals surface area contributed by atoms with E-state index >= 15 is 0 Å². The lowest BCUT2D eigenvalue weighted by Gasteiger charge is -2.24. The van der Waals surface area contributed by atoms with Gasteiger partial charge in [0, 0.05) is 18.1 Å². The second kappa shape index (κ2) is 10.4. The van der Waals surface area contributed by atoms with Crippen LogP contribution in [0.3, 0.4) is 0 Å². The minimum Gasteiger partial charge on any atom is -0.496 e.